The van der Waals surface area contributed by atoms with Crippen molar-refractivity contribution < 1.29 is 0 Å². The summed E-state index contributed by atoms with van der Waals surface area (Å²) in [6, 6.07) is 8.49. The minimum atomic E-state index is -0.0196. The Balaban J connectivity index is 0.000000396. The van der Waals surface area contributed by atoms with Crippen LogP contribution in [0.5, 0.6) is 0 Å². The second-order valence-corrected chi connectivity index (χ2v) is 4.18. The van der Waals surface area contributed by atoms with Crippen molar-refractivity contribution in [1.29, 1.82) is 0 Å². The van der Waals surface area contributed by atoms with Gasteiger partial charge in [0.15, 0.2) is 0 Å². The molecule has 0 aliphatic rings. The third-order valence-electron chi connectivity index (χ3n) is 2.06. The van der Waals surface area contributed by atoms with Crippen LogP contribution < -0.4 is 3.69 Å². The van der Waals surface area contributed by atoms with Crippen LogP contribution in [0.4, 0.5) is 0 Å². The van der Waals surface area contributed by atoms with Crippen LogP contribution in [0.2, 0.25) is 10.1 Å². The van der Waals surface area contributed by atoms with E-state index in [1.165, 1.54) is 10.9 Å². The van der Waals surface area contributed by atoms with E-state index in [0.717, 1.165) is 0 Å². The molecule has 3 heteroatoms. The van der Waals surface area contributed by atoms with Gasteiger partial charge in [-0.3, -0.25) is 0 Å². The van der Waals surface area contributed by atoms with Gasteiger partial charge in [0.05, 0.1) is 0 Å². The van der Waals surface area contributed by atoms with Crippen LogP contribution in [0.1, 0.15) is 0 Å². The number of hydrogen-bond donors (Lipinski definition) is 1. The second kappa shape index (κ2) is 5.91. The Morgan fingerprint density at radius 1 is 1.23 bits per heavy atom. The van der Waals surface area contributed by atoms with Crippen molar-refractivity contribution in [2.75, 3.05) is 0 Å². The van der Waals surface area contributed by atoms with Gasteiger partial charge in [-0.2, -0.15) is 3.69 Å². The molecule has 1 N–H and O–H groups in total. The number of benzene rings is 1. The molecule has 2 aromatic rings. The van der Waals surface area contributed by atoms with Crippen molar-refractivity contribution in [3.8, 4) is 0 Å². The highest BCUT2D eigenvalue weighted by molar-refractivity contribution is 6.55. The lowest BCUT2D eigenvalue weighted by Gasteiger charge is -1.90. The van der Waals surface area contributed by atoms with E-state index in [1.54, 1.807) is 3.69 Å². The van der Waals surface area contributed by atoms with Crippen molar-refractivity contribution in [3.63, 3.8) is 0 Å². The molecule has 0 saturated heterocycles. The smallest absolute Gasteiger partial charge is 0.364 e. The van der Waals surface area contributed by atoms with Crippen LogP contribution in [0.15, 0.2) is 30.5 Å². The molecule has 1 aromatic carbocycles. The van der Waals surface area contributed by atoms with Gasteiger partial charge in [-0.05, 0) is 17.6 Å². The number of H-pyrrole nitrogens is 1. The zero-order valence-electron chi connectivity index (χ0n) is 8.30. The van der Waals surface area contributed by atoms with Crippen molar-refractivity contribution in [3.05, 3.63) is 30.5 Å². The van der Waals surface area contributed by atoms with E-state index in [4.69, 9.17) is 0 Å². The van der Waals surface area contributed by atoms with Crippen LogP contribution >= 0.6 is 0 Å². The van der Waals surface area contributed by atoms with Gasteiger partial charge < -0.3 is 4.98 Å². The van der Waals surface area contributed by atoms with Gasteiger partial charge >= 0.3 is 42.1 Å². The topological polar surface area (TPSA) is 15.8 Å². The summed E-state index contributed by atoms with van der Waals surface area (Å²) in [4.78, 5) is 3.27. The monoisotopic (exact) mass is 194 g/mol. The van der Waals surface area contributed by atoms with Crippen molar-refractivity contribution in [2.45, 2.75) is 10.1 Å². The lowest BCUT2D eigenvalue weighted by atomic mass is 10.2. The van der Waals surface area contributed by atoms with Gasteiger partial charge in [0.1, 0.15) is 0 Å². The van der Waals surface area contributed by atoms with E-state index in [-0.39, 0.29) is 20.4 Å². The highest BCUT2D eigenvalue weighted by atomic mass is 24.5. The lowest BCUT2D eigenvalue weighted by Crippen LogP contribution is -2.07. The molecular formula is C10H12Mg2N+2. The van der Waals surface area contributed by atoms with Crippen LogP contribution in [0, 0.1) is 0 Å². The Labute approximate surface area is 101 Å². The molecule has 1 heterocycles. The Hall–Kier alpha value is 0.292. The minimum Gasteiger partial charge on any atom is -0.364 e. The van der Waals surface area contributed by atoms with Crippen molar-refractivity contribution in [2.24, 2.45) is 0 Å². The second-order valence-electron chi connectivity index (χ2n) is 2.71. The Kier molecular flexibility index (Phi) is 5.16. The van der Waals surface area contributed by atoms with Crippen LogP contribution in [0.3, 0.4) is 0 Å². The van der Waals surface area contributed by atoms with Crippen LogP contribution in [0.25, 0.3) is 10.9 Å². The van der Waals surface area contributed by atoms with E-state index in [2.05, 4.69) is 40.5 Å². The molecule has 0 unspecified atom stereocenters. The SMILES string of the molecule is [CH3][Mg+2].[CH3][Mg][c]1c[nH]c2ccccc12. The zero-order chi connectivity index (χ0) is 9.68. The fourth-order valence-corrected chi connectivity index (χ4v) is 2.42. The van der Waals surface area contributed by atoms with Crippen LogP contribution in [-0.2, 0) is 0 Å². The number of nitrogens with one attached hydrogen (secondary N) is 1. The highest BCUT2D eigenvalue weighted by Crippen LogP contribution is 2.07. The third-order valence-corrected chi connectivity index (χ3v) is 3.40. The Bertz CT molecular complexity index is 368. The number of para-hydroxylation sites is 1. The van der Waals surface area contributed by atoms with Gasteiger partial charge in [-0.1, -0.05) is 18.2 Å². The van der Waals surface area contributed by atoms with E-state index >= 15 is 0 Å². The first kappa shape index (κ1) is 11.4. The average Bonchev–Trinajstić information content (AvgIpc) is 2.64. The highest BCUT2D eigenvalue weighted by Gasteiger charge is 1.99. The quantitative estimate of drug-likeness (QED) is 0.667. The number of aromatic nitrogens is 1. The molecule has 7 radical (unpaired) electrons. The predicted octanol–water partition coefficient (Wildman–Crippen LogP) is 1.75. The van der Waals surface area contributed by atoms with Crippen LogP contribution in [-0.4, -0.2) is 47.1 Å². The number of hydrogen-bond acceptors (Lipinski definition) is 0. The first-order chi connectivity index (χ1) is 6.42. The van der Waals surface area contributed by atoms with Gasteiger partial charge in [0.25, 0.3) is 5.05 Å². The average molecular weight is 195 g/mol. The molecule has 0 bridgehead atoms. The summed E-state index contributed by atoms with van der Waals surface area (Å²) in [5, 5.41) is 5.76. The fraction of sp³-hybridized carbons (Fsp3) is 0.200. The molecule has 1 nitrogen and oxygen atoms in total. The van der Waals surface area contributed by atoms with Gasteiger partial charge in [0, 0.05) is 5.52 Å². The molecule has 0 atom stereocenters. The molecule has 1 aromatic heterocycles. The minimum absolute atomic E-state index is 0.0196. The van der Waals surface area contributed by atoms with Crippen molar-refractivity contribution in [1.82, 2.24) is 4.98 Å². The summed E-state index contributed by atoms with van der Waals surface area (Å²) >= 11 is 1.84. The van der Waals surface area contributed by atoms with E-state index in [0.29, 0.717) is 0 Å². The molecule has 0 saturated carbocycles. The maximum absolute atomic E-state index is 3.27. The molecule has 2 rings (SSSR count). The van der Waals surface area contributed by atoms with Gasteiger partial charge in [-0.15, -0.1) is 5.05 Å². The first-order valence-electron chi connectivity index (χ1n) is 4.67. The summed E-state index contributed by atoms with van der Waals surface area (Å²) in [5.74, 6) is 0. The largest absolute Gasteiger partial charge is 1.41 e. The molecule has 0 amide bonds. The normalized spacial score (nSPS) is 8.85. The summed E-state index contributed by atoms with van der Waals surface area (Å²) in [6.07, 6.45) is 2.15. The molecule has 0 aliphatic heterocycles. The molecule has 0 fully saturated rings. The molecule has 0 spiro atoms. The number of fused-ring (bicyclic) bond motifs is 1. The lowest BCUT2D eigenvalue weighted by molar-refractivity contribution is 1.49. The molecule has 59 valence electrons. The van der Waals surface area contributed by atoms with Crippen molar-refractivity contribution >= 4 is 56.7 Å². The summed E-state index contributed by atoms with van der Waals surface area (Å²) < 4.78 is 1.54. The summed E-state index contributed by atoms with van der Waals surface area (Å²) in [7, 11) is 0. The number of rotatable bonds is 1. The zero-order valence-corrected chi connectivity index (χ0v) is 11.1. The summed E-state index contributed by atoms with van der Waals surface area (Å²) in [6.45, 7) is 0. The standard InChI is InChI=1S/C8H6N.2CH3.2Mg/c1-2-4-8-7(3-1)5-6-9-8;;;;/h1-4,6,9H;2*1H3;;/q;;;;+2. The summed E-state index contributed by atoms with van der Waals surface area (Å²) in [5.41, 5.74) is 1.27. The molecule has 0 aliphatic carbocycles. The van der Waals surface area contributed by atoms with E-state index in [1.807, 2.05) is 26.8 Å². The van der Waals surface area contributed by atoms with E-state index in [9.17, 15) is 0 Å². The number of aromatic amines is 1. The maximum atomic E-state index is 3.27. The first-order valence-corrected chi connectivity index (χ1v) is 8.21. The van der Waals surface area contributed by atoms with E-state index < -0.39 is 0 Å². The fourth-order valence-electron chi connectivity index (χ4n) is 1.42. The molecule has 13 heavy (non-hydrogen) atoms. The third kappa shape index (κ3) is 2.62. The Morgan fingerprint density at radius 2 is 1.92 bits per heavy atom. The molecular weight excluding hydrogens is 183 g/mol. The predicted molar refractivity (Wildman–Crippen MR) is 61.2 cm³/mol. The Morgan fingerprint density at radius 3 is 2.62 bits per heavy atom. The van der Waals surface area contributed by atoms with Gasteiger partial charge in [0.2, 0.25) is 0 Å². The maximum Gasteiger partial charge on any atom is 1.41 e. The van der Waals surface area contributed by atoms with Gasteiger partial charge in [-0.25, -0.2) is 0 Å².